The summed E-state index contributed by atoms with van der Waals surface area (Å²) in [5, 5.41) is 3.32. The number of rotatable bonds is 4. The van der Waals surface area contributed by atoms with Gasteiger partial charge in [0.2, 0.25) is 0 Å². The Morgan fingerprint density at radius 3 is 3.00 bits per heavy atom. The molecule has 1 aliphatic rings. The molecule has 0 bridgehead atoms. The maximum absolute atomic E-state index is 3.32. The van der Waals surface area contributed by atoms with Crippen LogP contribution < -0.4 is 5.32 Å². The number of hydrogen-bond donors (Lipinski definition) is 1. The van der Waals surface area contributed by atoms with E-state index in [1.165, 1.54) is 35.7 Å². The summed E-state index contributed by atoms with van der Waals surface area (Å²) in [6, 6.07) is 5.13. The van der Waals surface area contributed by atoms with Crippen molar-refractivity contribution in [2.75, 3.05) is 26.7 Å². The maximum atomic E-state index is 3.32. The van der Waals surface area contributed by atoms with Gasteiger partial charge in [-0.05, 0) is 64.9 Å². The third-order valence-electron chi connectivity index (χ3n) is 3.76. The molecule has 0 saturated carbocycles. The highest BCUT2D eigenvalue weighted by atomic mass is 32.1. The van der Waals surface area contributed by atoms with Gasteiger partial charge in [0.15, 0.2) is 0 Å². The molecule has 1 fully saturated rings. The van der Waals surface area contributed by atoms with E-state index in [9.17, 15) is 0 Å². The topological polar surface area (TPSA) is 15.3 Å². The van der Waals surface area contributed by atoms with E-state index < -0.39 is 0 Å². The van der Waals surface area contributed by atoms with E-state index in [0.717, 1.165) is 12.5 Å². The lowest BCUT2D eigenvalue weighted by Gasteiger charge is -2.36. The van der Waals surface area contributed by atoms with E-state index >= 15 is 0 Å². The summed E-state index contributed by atoms with van der Waals surface area (Å²) in [6.07, 6.45) is 2.73. The summed E-state index contributed by atoms with van der Waals surface area (Å²) < 4.78 is 0. The number of thiophene rings is 1. The highest BCUT2D eigenvalue weighted by molar-refractivity contribution is 7.12. The third kappa shape index (κ3) is 3.30. The Kier molecular flexibility index (Phi) is 4.60. The molecule has 1 saturated heterocycles. The van der Waals surface area contributed by atoms with E-state index in [1.807, 2.05) is 11.3 Å². The molecule has 2 atom stereocenters. The summed E-state index contributed by atoms with van der Waals surface area (Å²) in [7, 11) is 2.06. The Labute approximate surface area is 109 Å². The van der Waals surface area contributed by atoms with Crippen LogP contribution in [0.15, 0.2) is 12.1 Å². The van der Waals surface area contributed by atoms with Crippen LogP contribution in [0, 0.1) is 12.8 Å². The first-order chi connectivity index (χ1) is 8.20. The number of nitrogens with zero attached hydrogens (tertiary/aromatic N) is 1. The molecule has 2 rings (SSSR count). The van der Waals surface area contributed by atoms with Crippen molar-refractivity contribution in [2.45, 2.75) is 32.7 Å². The second-order valence-corrected chi connectivity index (χ2v) is 6.50. The minimum atomic E-state index is 0.591. The van der Waals surface area contributed by atoms with Crippen LogP contribution >= 0.6 is 11.3 Å². The van der Waals surface area contributed by atoms with Gasteiger partial charge in [0, 0.05) is 22.3 Å². The molecule has 1 aliphatic heterocycles. The van der Waals surface area contributed by atoms with Gasteiger partial charge in [0.05, 0.1) is 0 Å². The molecule has 0 aromatic carbocycles. The smallest absolute Gasteiger partial charge is 0.0413 e. The molecule has 1 aromatic rings. The van der Waals surface area contributed by atoms with Crippen molar-refractivity contribution in [3.05, 3.63) is 21.9 Å². The predicted molar refractivity (Wildman–Crippen MR) is 75.7 cm³/mol. The van der Waals surface area contributed by atoms with Gasteiger partial charge >= 0.3 is 0 Å². The average Bonchev–Trinajstić information content (AvgIpc) is 2.76. The number of hydrogen-bond acceptors (Lipinski definition) is 3. The predicted octanol–water partition coefficient (Wildman–Crippen LogP) is 3.05. The molecule has 1 N–H and O–H groups in total. The van der Waals surface area contributed by atoms with Gasteiger partial charge in [-0.15, -0.1) is 11.3 Å². The van der Waals surface area contributed by atoms with Crippen LogP contribution in [-0.4, -0.2) is 31.6 Å². The second kappa shape index (κ2) is 5.98. The van der Waals surface area contributed by atoms with Crippen LogP contribution in [0.4, 0.5) is 0 Å². The molecule has 0 radical (unpaired) electrons. The van der Waals surface area contributed by atoms with Crippen molar-refractivity contribution in [1.82, 2.24) is 10.2 Å². The largest absolute Gasteiger partial charge is 0.319 e. The van der Waals surface area contributed by atoms with E-state index in [0.29, 0.717) is 6.04 Å². The summed E-state index contributed by atoms with van der Waals surface area (Å²) in [5.41, 5.74) is 0. The zero-order chi connectivity index (χ0) is 12.3. The Hall–Kier alpha value is -0.380. The lowest BCUT2D eigenvalue weighted by atomic mass is 9.96. The van der Waals surface area contributed by atoms with Gasteiger partial charge in [0.1, 0.15) is 0 Å². The van der Waals surface area contributed by atoms with Crippen LogP contribution in [0.2, 0.25) is 0 Å². The lowest BCUT2D eigenvalue weighted by molar-refractivity contribution is 0.133. The molecular weight excluding hydrogens is 228 g/mol. The van der Waals surface area contributed by atoms with Gasteiger partial charge < -0.3 is 5.32 Å². The fourth-order valence-corrected chi connectivity index (χ4v) is 3.73. The van der Waals surface area contributed by atoms with Crippen LogP contribution in [0.5, 0.6) is 0 Å². The van der Waals surface area contributed by atoms with Gasteiger partial charge in [-0.1, -0.05) is 0 Å². The maximum Gasteiger partial charge on any atom is 0.0413 e. The van der Waals surface area contributed by atoms with Crippen molar-refractivity contribution in [3.63, 3.8) is 0 Å². The Morgan fingerprint density at radius 2 is 2.35 bits per heavy atom. The highest BCUT2D eigenvalue weighted by Gasteiger charge is 2.24. The first kappa shape index (κ1) is 13.1. The van der Waals surface area contributed by atoms with Crippen molar-refractivity contribution in [1.29, 1.82) is 0 Å². The van der Waals surface area contributed by atoms with E-state index in [-0.39, 0.29) is 0 Å². The van der Waals surface area contributed by atoms with Crippen LogP contribution in [0.1, 0.15) is 35.6 Å². The molecule has 0 aliphatic carbocycles. The number of piperidine rings is 1. The van der Waals surface area contributed by atoms with Crippen molar-refractivity contribution in [3.8, 4) is 0 Å². The fourth-order valence-electron chi connectivity index (χ4n) is 2.76. The zero-order valence-corrected chi connectivity index (χ0v) is 12.0. The molecule has 17 heavy (non-hydrogen) atoms. The molecular formula is C14H24N2S. The fraction of sp³-hybridized carbons (Fsp3) is 0.714. The van der Waals surface area contributed by atoms with E-state index in [4.69, 9.17) is 0 Å². The van der Waals surface area contributed by atoms with Crippen molar-refractivity contribution >= 4 is 11.3 Å². The van der Waals surface area contributed by atoms with Crippen LogP contribution in [0.25, 0.3) is 0 Å². The summed E-state index contributed by atoms with van der Waals surface area (Å²) >= 11 is 1.95. The molecule has 0 spiro atoms. The Bertz CT molecular complexity index is 346. The van der Waals surface area contributed by atoms with Gasteiger partial charge in [-0.3, -0.25) is 4.90 Å². The highest BCUT2D eigenvalue weighted by Crippen LogP contribution is 2.30. The SMILES string of the molecule is CNCC1CCCN(C(C)c2ccc(C)s2)C1. The molecule has 1 aromatic heterocycles. The van der Waals surface area contributed by atoms with Gasteiger partial charge in [-0.25, -0.2) is 0 Å². The number of likely N-dealkylation sites (tertiary alicyclic amines) is 1. The Balaban J connectivity index is 1.97. The minimum Gasteiger partial charge on any atom is -0.319 e. The van der Waals surface area contributed by atoms with Crippen LogP contribution in [0.3, 0.4) is 0 Å². The summed E-state index contributed by atoms with van der Waals surface area (Å²) in [5.74, 6) is 0.831. The first-order valence-electron chi connectivity index (χ1n) is 6.65. The molecule has 96 valence electrons. The molecule has 2 nitrogen and oxygen atoms in total. The first-order valence-corrected chi connectivity index (χ1v) is 7.47. The van der Waals surface area contributed by atoms with Gasteiger partial charge in [0.25, 0.3) is 0 Å². The second-order valence-electron chi connectivity index (χ2n) is 5.19. The number of nitrogens with one attached hydrogen (secondary N) is 1. The monoisotopic (exact) mass is 252 g/mol. The third-order valence-corrected chi connectivity index (χ3v) is 4.93. The standard InChI is InChI=1S/C14H24N2S/c1-11-6-7-14(17-11)12(2)16-8-4-5-13(10-16)9-15-3/h6-7,12-13,15H,4-5,8-10H2,1-3H3. The van der Waals surface area contributed by atoms with Crippen molar-refractivity contribution in [2.24, 2.45) is 5.92 Å². The Morgan fingerprint density at radius 1 is 1.53 bits per heavy atom. The van der Waals surface area contributed by atoms with Gasteiger partial charge in [-0.2, -0.15) is 0 Å². The summed E-state index contributed by atoms with van der Waals surface area (Å²) in [6.45, 7) is 8.22. The summed E-state index contributed by atoms with van der Waals surface area (Å²) in [4.78, 5) is 5.60. The average molecular weight is 252 g/mol. The molecule has 2 unspecified atom stereocenters. The zero-order valence-electron chi connectivity index (χ0n) is 11.2. The van der Waals surface area contributed by atoms with E-state index in [1.54, 1.807) is 0 Å². The quantitative estimate of drug-likeness (QED) is 0.886. The number of aryl methyl sites for hydroxylation is 1. The van der Waals surface area contributed by atoms with Crippen LogP contribution in [-0.2, 0) is 0 Å². The normalized spacial score (nSPS) is 23.8. The molecule has 2 heterocycles. The minimum absolute atomic E-state index is 0.591. The molecule has 3 heteroatoms. The van der Waals surface area contributed by atoms with E-state index in [2.05, 4.69) is 43.2 Å². The molecule has 0 amide bonds. The lowest BCUT2D eigenvalue weighted by Crippen LogP contribution is -2.40. The van der Waals surface area contributed by atoms with Crippen molar-refractivity contribution < 1.29 is 0 Å².